The Labute approximate surface area is 119 Å². The highest BCUT2D eigenvalue weighted by atomic mass is 16.3. The van der Waals surface area contributed by atoms with E-state index in [0.29, 0.717) is 5.75 Å². The molecule has 3 aromatic carbocycles. The van der Waals surface area contributed by atoms with Crippen molar-refractivity contribution < 1.29 is 5.11 Å². The van der Waals surface area contributed by atoms with Crippen LogP contribution in [0, 0.1) is 0 Å². The van der Waals surface area contributed by atoms with Gasteiger partial charge in [0, 0.05) is 5.39 Å². The highest BCUT2D eigenvalue weighted by Crippen LogP contribution is 2.33. The summed E-state index contributed by atoms with van der Waals surface area (Å²) in [4.78, 5) is 0. The van der Waals surface area contributed by atoms with E-state index in [0.717, 1.165) is 29.2 Å². The summed E-state index contributed by atoms with van der Waals surface area (Å²) >= 11 is 0. The van der Waals surface area contributed by atoms with Gasteiger partial charge in [0.2, 0.25) is 0 Å². The van der Waals surface area contributed by atoms with E-state index in [-0.39, 0.29) is 0 Å². The fourth-order valence-electron chi connectivity index (χ4n) is 2.73. The maximum absolute atomic E-state index is 10.5. The molecule has 0 radical (unpaired) electrons. The summed E-state index contributed by atoms with van der Waals surface area (Å²) < 4.78 is 0. The molecule has 0 aliphatic heterocycles. The molecule has 1 nitrogen and oxygen atoms in total. The average Bonchev–Trinajstić information content (AvgIpc) is 2.49. The summed E-state index contributed by atoms with van der Waals surface area (Å²) in [6.45, 7) is 2.07. The van der Waals surface area contributed by atoms with Crippen molar-refractivity contribution in [3.8, 4) is 5.75 Å². The SMILES string of the molecule is CCc1ccc2cccc(Cc3ccccc3)c2c1O. The van der Waals surface area contributed by atoms with Crippen LogP contribution >= 0.6 is 0 Å². The summed E-state index contributed by atoms with van der Waals surface area (Å²) in [5, 5.41) is 12.6. The summed E-state index contributed by atoms with van der Waals surface area (Å²) in [7, 11) is 0. The van der Waals surface area contributed by atoms with Crippen LogP contribution in [0.4, 0.5) is 0 Å². The quantitative estimate of drug-likeness (QED) is 0.725. The summed E-state index contributed by atoms with van der Waals surface area (Å²) in [6.07, 6.45) is 1.69. The molecular weight excluding hydrogens is 244 g/mol. The number of hydrogen-bond acceptors (Lipinski definition) is 1. The highest BCUT2D eigenvalue weighted by molar-refractivity contribution is 5.92. The Hall–Kier alpha value is -2.28. The van der Waals surface area contributed by atoms with Gasteiger partial charge in [-0.3, -0.25) is 0 Å². The van der Waals surface area contributed by atoms with Gasteiger partial charge in [-0.25, -0.2) is 0 Å². The molecule has 100 valence electrons. The van der Waals surface area contributed by atoms with E-state index < -0.39 is 0 Å². The number of aromatic hydroxyl groups is 1. The number of benzene rings is 3. The van der Waals surface area contributed by atoms with Gasteiger partial charge < -0.3 is 5.11 Å². The summed E-state index contributed by atoms with van der Waals surface area (Å²) in [5.74, 6) is 0.441. The maximum Gasteiger partial charge on any atom is 0.126 e. The minimum absolute atomic E-state index is 0.441. The Morgan fingerprint density at radius 1 is 0.800 bits per heavy atom. The van der Waals surface area contributed by atoms with Gasteiger partial charge in [-0.15, -0.1) is 0 Å². The van der Waals surface area contributed by atoms with Crippen LogP contribution in [0.5, 0.6) is 5.75 Å². The Kier molecular flexibility index (Phi) is 3.42. The first-order chi connectivity index (χ1) is 9.79. The van der Waals surface area contributed by atoms with E-state index in [1.54, 1.807) is 0 Å². The van der Waals surface area contributed by atoms with Crippen molar-refractivity contribution in [2.75, 3.05) is 0 Å². The van der Waals surface area contributed by atoms with Crippen molar-refractivity contribution in [2.24, 2.45) is 0 Å². The normalized spacial score (nSPS) is 10.8. The Morgan fingerprint density at radius 2 is 1.60 bits per heavy atom. The van der Waals surface area contributed by atoms with Gasteiger partial charge in [0.15, 0.2) is 0 Å². The molecular formula is C19H18O. The zero-order chi connectivity index (χ0) is 13.9. The van der Waals surface area contributed by atoms with Gasteiger partial charge in [0.25, 0.3) is 0 Å². The molecule has 0 bridgehead atoms. The van der Waals surface area contributed by atoms with Crippen LogP contribution in [0.15, 0.2) is 60.7 Å². The second kappa shape index (κ2) is 5.38. The van der Waals surface area contributed by atoms with Gasteiger partial charge in [0.1, 0.15) is 5.75 Å². The first kappa shape index (κ1) is 12.7. The molecule has 0 atom stereocenters. The molecule has 0 saturated carbocycles. The van der Waals surface area contributed by atoms with Crippen molar-refractivity contribution in [1.82, 2.24) is 0 Å². The molecule has 3 rings (SSSR count). The van der Waals surface area contributed by atoms with Crippen molar-refractivity contribution in [1.29, 1.82) is 0 Å². The lowest BCUT2D eigenvalue weighted by Crippen LogP contribution is -1.92. The van der Waals surface area contributed by atoms with Crippen LogP contribution in [0.1, 0.15) is 23.6 Å². The lowest BCUT2D eigenvalue weighted by Gasteiger charge is -2.11. The topological polar surface area (TPSA) is 20.2 Å². The minimum Gasteiger partial charge on any atom is -0.507 e. The van der Waals surface area contributed by atoms with Crippen molar-refractivity contribution in [3.63, 3.8) is 0 Å². The number of phenols is 1. The van der Waals surface area contributed by atoms with Crippen LogP contribution in [-0.4, -0.2) is 5.11 Å². The van der Waals surface area contributed by atoms with Gasteiger partial charge in [-0.1, -0.05) is 67.6 Å². The summed E-state index contributed by atoms with van der Waals surface area (Å²) in [5.41, 5.74) is 3.46. The molecule has 20 heavy (non-hydrogen) atoms. The average molecular weight is 262 g/mol. The second-order valence-corrected chi connectivity index (χ2v) is 5.10. The second-order valence-electron chi connectivity index (χ2n) is 5.10. The first-order valence-corrected chi connectivity index (χ1v) is 7.06. The molecule has 0 saturated heterocycles. The molecule has 1 N–H and O–H groups in total. The maximum atomic E-state index is 10.5. The molecule has 1 heteroatoms. The monoisotopic (exact) mass is 262 g/mol. The fourth-order valence-corrected chi connectivity index (χ4v) is 2.73. The van der Waals surface area contributed by atoms with Crippen LogP contribution in [0.25, 0.3) is 10.8 Å². The predicted octanol–water partition coefficient (Wildman–Crippen LogP) is 4.70. The molecule has 0 aliphatic rings. The van der Waals surface area contributed by atoms with Gasteiger partial charge in [0.05, 0.1) is 0 Å². The van der Waals surface area contributed by atoms with Crippen molar-refractivity contribution >= 4 is 10.8 Å². The zero-order valence-corrected chi connectivity index (χ0v) is 11.6. The van der Waals surface area contributed by atoms with E-state index in [4.69, 9.17) is 0 Å². The lowest BCUT2D eigenvalue weighted by atomic mass is 9.95. The Bertz CT molecular complexity index is 729. The summed E-state index contributed by atoms with van der Waals surface area (Å²) in [6, 6.07) is 20.7. The number of phenolic OH excluding ortho intramolecular Hbond substituents is 1. The van der Waals surface area contributed by atoms with E-state index in [9.17, 15) is 5.11 Å². The van der Waals surface area contributed by atoms with Crippen molar-refractivity contribution in [3.05, 3.63) is 77.4 Å². The third-order valence-electron chi connectivity index (χ3n) is 3.81. The van der Waals surface area contributed by atoms with E-state index in [1.807, 2.05) is 12.1 Å². The molecule has 0 amide bonds. The van der Waals surface area contributed by atoms with E-state index in [1.165, 1.54) is 11.1 Å². The van der Waals surface area contributed by atoms with Crippen LogP contribution in [0.2, 0.25) is 0 Å². The molecule has 0 aromatic heterocycles. The van der Waals surface area contributed by atoms with Crippen LogP contribution in [0.3, 0.4) is 0 Å². The predicted molar refractivity (Wildman–Crippen MR) is 84.2 cm³/mol. The first-order valence-electron chi connectivity index (χ1n) is 7.06. The van der Waals surface area contributed by atoms with Gasteiger partial charge >= 0.3 is 0 Å². The van der Waals surface area contributed by atoms with Crippen LogP contribution in [-0.2, 0) is 12.8 Å². The molecule has 3 aromatic rings. The van der Waals surface area contributed by atoms with Crippen molar-refractivity contribution in [2.45, 2.75) is 19.8 Å². The van der Waals surface area contributed by atoms with E-state index in [2.05, 4.69) is 55.5 Å². The molecule has 0 heterocycles. The molecule has 0 unspecified atom stereocenters. The standard InChI is InChI=1S/C19H18O/c1-2-15-11-12-16-9-6-10-17(18(16)19(15)20)13-14-7-4-3-5-8-14/h3-12,20H,2,13H2,1H3. The fraction of sp³-hybridized carbons (Fsp3) is 0.158. The van der Waals surface area contributed by atoms with Gasteiger partial charge in [-0.05, 0) is 34.9 Å². The Balaban J connectivity index is 2.15. The number of fused-ring (bicyclic) bond motifs is 1. The number of rotatable bonds is 3. The highest BCUT2D eigenvalue weighted by Gasteiger charge is 2.09. The number of hydrogen-bond donors (Lipinski definition) is 1. The third-order valence-corrected chi connectivity index (χ3v) is 3.81. The smallest absolute Gasteiger partial charge is 0.126 e. The molecule has 0 aliphatic carbocycles. The molecule has 0 fully saturated rings. The number of aryl methyl sites for hydroxylation is 1. The van der Waals surface area contributed by atoms with E-state index >= 15 is 0 Å². The zero-order valence-electron chi connectivity index (χ0n) is 11.6. The third kappa shape index (κ3) is 2.27. The van der Waals surface area contributed by atoms with Crippen LogP contribution < -0.4 is 0 Å². The molecule has 0 spiro atoms. The van der Waals surface area contributed by atoms with Gasteiger partial charge in [-0.2, -0.15) is 0 Å². The lowest BCUT2D eigenvalue weighted by molar-refractivity contribution is 0.475. The largest absolute Gasteiger partial charge is 0.507 e. The Morgan fingerprint density at radius 3 is 2.35 bits per heavy atom. The minimum atomic E-state index is 0.441.